The Labute approximate surface area is 120 Å². The van der Waals surface area contributed by atoms with Gasteiger partial charge in [0.25, 0.3) is 0 Å². The average molecular weight is 277 g/mol. The molecule has 5 nitrogen and oxygen atoms in total. The molecule has 2 amide bonds. The highest BCUT2D eigenvalue weighted by atomic mass is 16.5. The maximum Gasteiger partial charge on any atom is 0.320 e. The van der Waals surface area contributed by atoms with E-state index >= 15 is 0 Å². The molecule has 2 rings (SSSR count). The minimum Gasteiger partial charge on any atom is -0.399 e. The third-order valence-corrected chi connectivity index (χ3v) is 3.48. The number of morpholine rings is 1. The second kappa shape index (κ2) is 6.61. The Bertz CT molecular complexity index is 439. The zero-order valence-electron chi connectivity index (χ0n) is 12.2. The van der Waals surface area contributed by atoms with E-state index in [0.29, 0.717) is 32.8 Å². The standard InChI is InChI=1S/C15H23N3O2/c1-12(2)18(11-13-3-5-14(16)6-4-13)15(19)17-7-9-20-10-8-17/h3-6,12H,7-11,16H2,1-2H3. The van der Waals surface area contributed by atoms with Crippen LogP contribution in [0.5, 0.6) is 0 Å². The molecule has 0 radical (unpaired) electrons. The maximum absolute atomic E-state index is 12.6. The van der Waals surface area contributed by atoms with Crippen LogP contribution in [-0.4, -0.2) is 48.2 Å². The molecule has 0 spiro atoms. The second-order valence-corrected chi connectivity index (χ2v) is 5.35. The molecule has 1 aromatic rings. The number of hydrogen-bond acceptors (Lipinski definition) is 3. The van der Waals surface area contributed by atoms with Crippen molar-refractivity contribution in [1.82, 2.24) is 9.80 Å². The van der Waals surface area contributed by atoms with Crippen LogP contribution in [0.3, 0.4) is 0 Å². The van der Waals surface area contributed by atoms with Crippen molar-refractivity contribution in [3.8, 4) is 0 Å². The Balaban J connectivity index is 2.06. The molecule has 5 heteroatoms. The zero-order valence-corrected chi connectivity index (χ0v) is 12.2. The topological polar surface area (TPSA) is 58.8 Å². The van der Waals surface area contributed by atoms with Gasteiger partial charge in [0.15, 0.2) is 0 Å². The Hall–Kier alpha value is -1.75. The number of ether oxygens (including phenoxy) is 1. The van der Waals surface area contributed by atoms with Gasteiger partial charge in [-0.2, -0.15) is 0 Å². The third kappa shape index (κ3) is 3.63. The SMILES string of the molecule is CC(C)N(Cc1ccc(N)cc1)C(=O)N1CCOCC1. The summed E-state index contributed by atoms with van der Waals surface area (Å²) in [4.78, 5) is 16.3. The molecule has 0 atom stereocenters. The Morgan fingerprint density at radius 3 is 2.45 bits per heavy atom. The highest BCUT2D eigenvalue weighted by molar-refractivity contribution is 5.75. The molecule has 0 unspecified atom stereocenters. The lowest BCUT2D eigenvalue weighted by Crippen LogP contribution is -2.50. The number of nitrogens with two attached hydrogens (primary N) is 1. The number of carbonyl (C=O) groups is 1. The normalized spacial score (nSPS) is 15.4. The lowest BCUT2D eigenvalue weighted by atomic mass is 10.2. The highest BCUT2D eigenvalue weighted by Gasteiger charge is 2.24. The van der Waals surface area contributed by atoms with Gasteiger partial charge in [-0.15, -0.1) is 0 Å². The molecule has 0 aliphatic carbocycles. The summed E-state index contributed by atoms with van der Waals surface area (Å²) in [6, 6.07) is 7.91. The van der Waals surface area contributed by atoms with Gasteiger partial charge in [-0.3, -0.25) is 0 Å². The first-order valence-electron chi connectivity index (χ1n) is 7.05. The quantitative estimate of drug-likeness (QED) is 0.859. The van der Waals surface area contributed by atoms with Gasteiger partial charge in [0.05, 0.1) is 13.2 Å². The fourth-order valence-electron chi connectivity index (χ4n) is 2.23. The molecule has 1 aliphatic heterocycles. The van der Waals surface area contributed by atoms with Crippen LogP contribution in [0.2, 0.25) is 0 Å². The molecule has 110 valence electrons. The van der Waals surface area contributed by atoms with Crippen LogP contribution in [0.4, 0.5) is 10.5 Å². The Morgan fingerprint density at radius 1 is 1.30 bits per heavy atom. The molecule has 1 fully saturated rings. The van der Waals surface area contributed by atoms with Gasteiger partial charge in [-0.1, -0.05) is 12.1 Å². The van der Waals surface area contributed by atoms with E-state index in [0.717, 1.165) is 11.3 Å². The van der Waals surface area contributed by atoms with Gasteiger partial charge in [-0.05, 0) is 31.5 Å². The Kier molecular flexibility index (Phi) is 4.84. The van der Waals surface area contributed by atoms with Crippen molar-refractivity contribution in [3.63, 3.8) is 0 Å². The summed E-state index contributed by atoms with van der Waals surface area (Å²) in [5, 5.41) is 0. The van der Waals surface area contributed by atoms with Crippen LogP contribution in [0.15, 0.2) is 24.3 Å². The van der Waals surface area contributed by atoms with E-state index in [1.165, 1.54) is 0 Å². The number of rotatable bonds is 3. The smallest absolute Gasteiger partial charge is 0.320 e. The first kappa shape index (κ1) is 14.7. The summed E-state index contributed by atoms with van der Waals surface area (Å²) in [7, 11) is 0. The van der Waals surface area contributed by atoms with Crippen LogP contribution in [-0.2, 0) is 11.3 Å². The lowest BCUT2D eigenvalue weighted by molar-refractivity contribution is 0.0397. The van der Waals surface area contributed by atoms with Crippen molar-refractivity contribution in [1.29, 1.82) is 0 Å². The van der Waals surface area contributed by atoms with Crippen LogP contribution in [0, 0.1) is 0 Å². The minimum atomic E-state index is 0.0834. The number of hydrogen-bond donors (Lipinski definition) is 1. The summed E-state index contributed by atoms with van der Waals surface area (Å²) < 4.78 is 5.30. The van der Waals surface area contributed by atoms with E-state index in [2.05, 4.69) is 0 Å². The number of nitrogen functional groups attached to an aromatic ring is 1. The summed E-state index contributed by atoms with van der Waals surface area (Å²) in [5.41, 5.74) is 7.52. The molecular weight excluding hydrogens is 254 g/mol. The lowest BCUT2D eigenvalue weighted by Gasteiger charge is -2.35. The number of amides is 2. The number of nitrogens with zero attached hydrogens (tertiary/aromatic N) is 2. The average Bonchev–Trinajstić information content (AvgIpc) is 2.46. The Morgan fingerprint density at radius 2 is 1.90 bits per heavy atom. The van der Waals surface area contributed by atoms with Crippen LogP contribution in [0.1, 0.15) is 19.4 Å². The molecule has 1 saturated heterocycles. The van der Waals surface area contributed by atoms with Gasteiger partial charge >= 0.3 is 6.03 Å². The van der Waals surface area contributed by atoms with Gasteiger partial charge in [0.1, 0.15) is 0 Å². The highest BCUT2D eigenvalue weighted by Crippen LogP contribution is 2.14. The van der Waals surface area contributed by atoms with E-state index in [4.69, 9.17) is 10.5 Å². The van der Waals surface area contributed by atoms with E-state index in [-0.39, 0.29) is 12.1 Å². The zero-order chi connectivity index (χ0) is 14.5. The summed E-state index contributed by atoms with van der Waals surface area (Å²) in [5.74, 6) is 0. The van der Waals surface area contributed by atoms with Crippen molar-refractivity contribution in [3.05, 3.63) is 29.8 Å². The van der Waals surface area contributed by atoms with Crippen molar-refractivity contribution in [2.45, 2.75) is 26.4 Å². The summed E-state index contributed by atoms with van der Waals surface area (Å²) in [6.45, 7) is 7.27. The molecule has 1 heterocycles. The first-order chi connectivity index (χ1) is 9.58. The largest absolute Gasteiger partial charge is 0.399 e. The van der Waals surface area contributed by atoms with Crippen LogP contribution >= 0.6 is 0 Å². The second-order valence-electron chi connectivity index (χ2n) is 5.35. The molecule has 0 saturated carbocycles. The predicted octanol–water partition coefficient (Wildman–Crippen LogP) is 1.93. The van der Waals surface area contributed by atoms with Crippen molar-refractivity contribution < 1.29 is 9.53 Å². The minimum absolute atomic E-state index is 0.0834. The van der Waals surface area contributed by atoms with Crippen LogP contribution < -0.4 is 5.73 Å². The molecule has 1 aliphatic rings. The number of anilines is 1. The van der Waals surface area contributed by atoms with E-state index in [9.17, 15) is 4.79 Å². The van der Waals surface area contributed by atoms with E-state index in [1.54, 1.807) is 0 Å². The molecule has 0 aromatic heterocycles. The fourth-order valence-corrected chi connectivity index (χ4v) is 2.23. The van der Waals surface area contributed by atoms with E-state index in [1.807, 2.05) is 47.9 Å². The summed E-state index contributed by atoms with van der Waals surface area (Å²) >= 11 is 0. The molecule has 0 bridgehead atoms. The monoisotopic (exact) mass is 277 g/mol. The molecule has 1 aromatic carbocycles. The maximum atomic E-state index is 12.6. The molecular formula is C15H23N3O2. The number of benzene rings is 1. The van der Waals surface area contributed by atoms with Gasteiger partial charge < -0.3 is 20.3 Å². The third-order valence-electron chi connectivity index (χ3n) is 3.48. The van der Waals surface area contributed by atoms with Gasteiger partial charge in [0.2, 0.25) is 0 Å². The fraction of sp³-hybridized carbons (Fsp3) is 0.533. The molecule has 20 heavy (non-hydrogen) atoms. The first-order valence-corrected chi connectivity index (χ1v) is 7.05. The predicted molar refractivity (Wildman–Crippen MR) is 79.3 cm³/mol. The van der Waals surface area contributed by atoms with Crippen LogP contribution in [0.25, 0.3) is 0 Å². The molecule has 2 N–H and O–H groups in total. The van der Waals surface area contributed by atoms with E-state index < -0.39 is 0 Å². The van der Waals surface area contributed by atoms with Crippen molar-refractivity contribution in [2.75, 3.05) is 32.0 Å². The van der Waals surface area contributed by atoms with Crippen molar-refractivity contribution >= 4 is 11.7 Å². The van der Waals surface area contributed by atoms with Gasteiger partial charge in [0, 0.05) is 31.4 Å². The van der Waals surface area contributed by atoms with Gasteiger partial charge in [-0.25, -0.2) is 4.79 Å². The summed E-state index contributed by atoms with van der Waals surface area (Å²) in [6.07, 6.45) is 0. The van der Waals surface area contributed by atoms with Crippen molar-refractivity contribution in [2.24, 2.45) is 0 Å². The number of carbonyl (C=O) groups excluding carboxylic acids is 1. The number of urea groups is 1.